The number of esters is 1. The number of benzene rings is 1. The first-order valence-corrected chi connectivity index (χ1v) is 8.61. The molecule has 0 bridgehead atoms. The fourth-order valence-electron chi connectivity index (χ4n) is 2.06. The molecule has 1 amide bonds. The van der Waals surface area contributed by atoms with Crippen LogP contribution < -0.4 is 5.32 Å². The van der Waals surface area contributed by atoms with Gasteiger partial charge in [0, 0.05) is 21.0 Å². The van der Waals surface area contributed by atoms with E-state index in [4.69, 9.17) is 16.3 Å². The Kier molecular flexibility index (Phi) is 4.98. The van der Waals surface area contributed by atoms with Gasteiger partial charge in [0.25, 0.3) is 0 Å². The van der Waals surface area contributed by atoms with E-state index in [0.717, 1.165) is 27.8 Å². The number of rotatable bonds is 6. The first kappa shape index (κ1) is 16.0. The van der Waals surface area contributed by atoms with Gasteiger partial charge in [-0.2, -0.15) is 0 Å². The predicted molar refractivity (Wildman–Crippen MR) is 92.6 cm³/mol. The van der Waals surface area contributed by atoms with Crippen LogP contribution in [0.15, 0.2) is 30.3 Å². The molecule has 1 aliphatic carbocycles. The molecular formula is C17H16ClNO3S. The van der Waals surface area contributed by atoms with Gasteiger partial charge >= 0.3 is 5.97 Å². The molecule has 1 aromatic carbocycles. The molecule has 0 atom stereocenters. The molecule has 1 heterocycles. The minimum Gasteiger partial charge on any atom is -0.464 e. The first-order chi connectivity index (χ1) is 11.1. The van der Waals surface area contributed by atoms with Gasteiger partial charge in [-0.05, 0) is 30.9 Å². The monoisotopic (exact) mass is 349 g/mol. The highest BCUT2D eigenvalue weighted by Gasteiger charge is 2.22. The second kappa shape index (κ2) is 7.15. The molecular weight excluding hydrogens is 334 g/mol. The second-order valence-electron chi connectivity index (χ2n) is 5.45. The van der Waals surface area contributed by atoms with Crippen molar-refractivity contribution >= 4 is 51.0 Å². The van der Waals surface area contributed by atoms with E-state index < -0.39 is 5.97 Å². The molecule has 120 valence electrons. The van der Waals surface area contributed by atoms with Crippen molar-refractivity contribution in [3.05, 3.63) is 40.2 Å². The van der Waals surface area contributed by atoms with Crippen LogP contribution >= 0.6 is 22.9 Å². The predicted octanol–water partition coefficient (Wildman–Crippen LogP) is 3.64. The maximum Gasteiger partial charge on any atom is 0.325 e. The molecule has 23 heavy (non-hydrogen) atoms. The lowest BCUT2D eigenvalue weighted by molar-refractivity contribution is -0.144. The number of nitrogens with one attached hydrogen (secondary N) is 1. The van der Waals surface area contributed by atoms with E-state index in [9.17, 15) is 9.59 Å². The normalized spacial score (nSPS) is 14.3. The molecule has 0 saturated heterocycles. The Morgan fingerprint density at radius 3 is 2.87 bits per heavy atom. The summed E-state index contributed by atoms with van der Waals surface area (Å²) < 4.78 is 6.11. The van der Waals surface area contributed by atoms with Crippen LogP contribution in [0.5, 0.6) is 0 Å². The Hall–Kier alpha value is -1.85. The minimum atomic E-state index is -0.404. The molecule has 0 radical (unpaired) electrons. The van der Waals surface area contributed by atoms with Crippen molar-refractivity contribution < 1.29 is 14.3 Å². The van der Waals surface area contributed by atoms with Gasteiger partial charge in [-0.1, -0.05) is 29.8 Å². The first-order valence-electron chi connectivity index (χ1n) is 7.42. The Morgan fingerprint density at radius 1 is 1.35 bits per heavy atom. The molecule has 1 aliphatic rings. The van der Waals surface area contributed by atoms with Gasteiger partial charge in [-0.15, -0.1) is 11.3 Å². The van der Waals surface area contributed by atoms with E-state index >= 15 is 0 Å². The Morgan fingerprint density at radius 2 is 2.13 bits per heavy atom. The fraction of sp³-hybridized carbons (Fsp3) is 0.294. The Bertz CT molecular complexity index is 764. The topological polar surface area (TPSA) is 55.4 Å². The summed E-state index contributed by atoms with van der Waals surface area (Å²) in [5, 5.41) is 4.12. The van der Waals surface area contributed by atoms with Crippen molar-refractivity contribution in [1.29, 1.82) is 0 Å². The smallest absolute Gasteiger partial charge is 0.325 e. The summed E-state index contributed by atoms with van der Waals surface area (Å²) in [6.07, 6.45) is 5.29. The van der Waals surface area contributed by atoms with Gasteiger partial charge in [0.15, 0.2) is 0 Å². The quantitative estimate of drug-likeness (QED) is 0.640. The van der Waals surface area contributed by atoms with Crippen molar-refractivity contribution in [1.82, 2.24) is 5.32 Å². The third kappa shape index (κ3) is 4.33. The van der Waals surface area contributed by atoms with E-state index in [2.05, 4.69) is 5.32 Å². The lowest BCUT2D eigenvalue weighted by Crippen LogP contribution is -2.29. The average Bonchev–Trinajstić information content (AvgIpc) is 3.33. The zero-order valence-corrected chi connectivity index (χ0v) is 14.0. The zero-order chi connectivity index (χ0) is 16.2. The molecule has 1 aromatic heterocycles. The van der Waals surface area contributed by atoms with E-state index in [-0.39, 0.29) is 12.5 Å². The highest BCUT2D eigenvalue weighted by atomic mass is 35.5. The SMILES string of the molecule is O=C(/C=C/c1sc2ccccc2c1Cl)NCC(=O)OCC1CC1. The van der Waals surface area contributed by atoms with E-state index in [1.807, 2.05) is 24.3 Å². The van der Waals surface area contributed by atoms with Crippen LogP contribution in [-0.2, 0) is 14.3 Å². The number of fused-ring (bicyclic) bond motifs is 1. The van der Waals surface area contributed by atoms with Crippen LogP contribution in [0.25, 0.3) is 16.2 Å². The molecule has 3 rings (SSSR count). The van der Waals surface area contributed by atoms with Gasteiger partial charge in [0.2, 0.25) is 5.91 Å². The number of carbonyl (C=O) groups excluding carboxylic acids is 2. The number of carbonyl (C=O) groups is 2. The third-order valence-corrected chi connectivity index (χ3v) is 5.19. The highest BCUT2D eigenvalue weighted by molar-refractivity contribution is 7.20. The summed E-state index contributed by atoms with van der Waals surface area (Å²) in [6, 6.07) is 7.80. The van der Waals surface area contributed by atoms with Crippen LogP contribution in [0.3, 0.4) is 0 Å². The van der Waals surface area contributed by atoms with E-state index in [1.165, 1.54) is 17.4 Å². The molecule has 1 saturated carbocycles. The van der Waals surface area contributed by atoms with Gasteiger partial charge in [0.1, 0.15) is 6.54 Å². The fourth-order valence-corrected chi connectivity index (χ4v) is 3.45. The maximum absolute atomic E-state index is 11.8. The average molecular weight is 350 g/mol. The molecule has 4 nitrogen and oxygen atoms in total. The van der Waals surface area contributed by atoms with Gasteiger partial charge in [-0.3, -0.25) is 9.59 Å². The Labute approximate surface area is 143 Å². The molecule has 2 aromatic rings. The van der Waals surface area contributed by atoms with Crippen LogP contribution in [0.2, 0.25) is 5.02 Å². The highest BCUT2D eigenvalue weighted by Crippen LogP contribution is 2.35. The largest absolute Gasteiger partial charge is 0.464 e. The van der Waals surface area contributed by atoms with Crippen LogP contribution in [0, 0.1) is 5.92 Å². The number of hydrogen-bond acceptors (Lipinski definition) is 4. The molecule has 6 heteroatoms. The number of halogens is 1. The number of thiophene rings is 1. The summed E-state index contributed by atoms with van der Waals surface area (Å²) in [7, 11) is 0. The Balaban J connectivity index is 1.52. The molecule has 0 spiro atoms. The van der Waals surface area contributed by atoms with E-state index in [0.29, 0.717) is 17.5 Å². The maximum atomic E-state index is 11.8. The van der Waals surface area contributed by atoms with Crippen molar-refractivity contribution in [3.63, 3.8) is 0 Å². The standard InChI is InChI=1S/C17H16ClNO3S/c18-17-12-3-1-2-4-13(12)23-14(17)7-8-15(20)19-9-16(21)22-10-11-5-6-11/h1-4,7-8,11H,5-6,9-10H2,(H,19,20)/b8-7+. The second-order valence-corrected chi connectivity index (χ2v) is 6.92. The van der Waals surface area contributed by atoms with Crippen LogP contribution in [-0.4, -0.2) is 25.0 Å². The van der Waals surface area contributed by atoms with Gasteiger partial charge in [0.05, 0.1) is 11.6 Å². The van der Waals surface area contributed by atoms with E-state index in [1.54, 1.807) is 6.08 Å². The molecule has 1 fully saturated rings. The van der Waals surface area contributed by atoms with Crippen molar-refractivity contribution in [3.8, 4) is 0 Å². The van der Waals surface area contributed by atoms with Crippen LogP contribution in [0.1, 0.15) is 17.7 Å². The van der Waals surface area contributed by atoms with Gasteiger partial charge in [-0.25, -0.2) is 0 Å². The zero-order valence-electron chi connectivity index (χ0n) is 12.4. The van der Waals surface area contributed by atoms with Crippen LogP contribution in [0.4, 0.5) is 0 Å². The molecule has 1 N–H and O–H groups in total. The summed E-state index contributed by atoms with van der Waals surface area (Å²) in [6.45, 7) is 0.345. The lowest BCUT2D eigenvalue weighted by Gasteiger charge is -2.03. The number of ether oxygens (including phenoxy) is 1. The number of amides is 1. The molecule has 0 unspecified atom stereocenters. The summed E-state index contributed by atoms with van der Waals surface area (Å²) in [5.41, 5.74) is 0. The summed E-state index contributed by atoms with van der Waals surface area (Å²) >= 11 is 7.82. The molecule has 0 aliphatic heterocycles. The van der Waals surface area contributed by atoms with Crippen molar-refractivity contribution in [2.75, 3.05) is 13.2 Å². The van der Waals surface area contributed by atoms with Gasteiger partial charge < -0.3 is 10.1 Å². The van der Waals surface area contributed by atoms with Crippen molar-refractivity contribution in [2.24, 2.45) is 5.92 Å². The summed E-state index contributed by atoms with van der Waals surface area (Å²) in [5.74, 6) is -0.231. The summed E-state index contributed by atoms with van der Waals surface area (Å²) in [4.78, 5) is 24.0. The minimum absolute atomic E-state index is 0.115. The number of hydrogen-bond donors (Lipinski definition) is 1. The third-order valence-electron chi connectivity index (χ3n) is 3.53. The lowest BCUT2D eigenvalue weighted by atomic mass is 10.2. The van der Waals surface area contributed by atoms with Crippen molar-refractivity contribution in [2.45, 2.75) is 12.8 Å².